The van der Waals surface area contributed by atoms with Crippen molar-refractivity contribution in [3.05, 3.63) is 35.5 Å². The highest BCUT2D eigenvalue weighted by atomic mass is 35.5. The van der Waals surface area contributed by atoms with Crippen molar-refractivity contribution in [2.24, 2.45) is 0 Å². The molecule has 7 heteroatoms. The van der Waals surface area contributed by atoms with Crippen LogP contribution >= 0.6 is 11.6 Å². The molecule has 2 N–H and O–H groups in total. The number of aliphatic hydroxyl groups excluding tert-OH is 1. The molecule has 1 saturated carbocycles. The number of benzene rings is 1. The highest BCUT2D eigenvalue weighted by Gasteiger charge is 2.45. The van der Waals surface area contributed by atoms with Crippen LogP contribution in [-0.4, -0.2) is 30.7 Å². The van der Waals surface area contributed by atoms with Crippen LogP contribution in [0.2, 0.25) is 5.15 Å². The smallest absolute Gasteiger partial charge is 0.241 e. The Balaban J connectivity index is 1.99. The Labute approximate surface area is 121 Å². The van der Waals surface area contributed by atoms with E-state index in [1.807, 2.05) is 0 Å². The van der Waals surface area contributed by atoms with Gasteiger partial charge in [0.15, 0.2) is 0 Å². The molecule has 3 rings (SSSR count). The fourth-order valence-electron chi connectivity index (χ4n) is 2.03. The minimum atomic E-state index is -3.64. The van der Waals surface area contributed by atoms with Crippen LogP contribution in [-0.2, 0) is 10.0 Å². The van der Waals surface area contributed by atoms with E-state index in [1.165, 1.54) is 6.07 Å². The van der Waals surface area contributed by atoms with Crippen molar-refractivity contribution in [2.45, 2.75) is 23.3 Å². The Morgan fingerprint density at radius 2 is 2.05 bits per heavy atom. The van der Waals surface area contributed by atoms with Gasteiger partial charge in [-0.2, -0.15) is 0 Å². The number of nitrogens with one attached hydrogen (secondary N) is 1. The Morgan fingerprint density at radius 3 is 2.70 bits per heavy atom. The highest BCUT2D eigenvalue weighted by molar-refractivity contribution is 7.89. The molecule has 1 aromatic carbocycles. The molecule has 1 aliphatic carbocycles. The summed E-state index contributed by atoms with van der Waals surface area (Å²) in [7, 11) is -3.64. The van der Waals surface area contributed by atoms with Crippen molar-refractivity contribution < 1.29 is 13.5 Å². The van der Waals surface area contributed by atoms with E-state index in [4.69, 9.17) is 11.6 Å². The standard InChI is InChI=1S/C13H13ClN2O3S/c14-12-4-1-9-7-10(2-3-11(9)15-12)20(18,19)16-13(8-17)5-6-13/h1-4,7,16-17H,5-6,8H2. The fraction of sp³-hybridized carbons (Fsp3) is 0.308. The summed E-state index contributed by atoms with van der Waals surface area (Å²) in [6.07, 6.45) is 1.32. The summed E-state index contributed by atoms with van der Waals surface area (Å²) in [5, 5.41) is 10.3. The molecule has 1 aromatic heterocycles. The first-order valence-corrected chi connectivity index (χ1v) is 8.01. The number of fused-ring (bicyclic) bond motifs is 1. The van der Waals surface area contributed by atoms with Crippen LogP contribution in [0.15, 0.2) is 35.2 Å². The summed E-state index contributed by atoms with van der Waals surface area (Å²) in [5.41, 5.74) is -0.0359. The van der Waals surface area contributed by atoms with Crippen molar-refractivity contribution in [1.29, 1.82) is 0 Å². The second kappa shape index (κ2) is 4.66. The zero-order chi connectivity index (χ0) is 14.4. The number of sulfonamides is 1. The zero-order valence-electron chi connectivity index (χ0n) is 10.5. The summed E-state index contributed by atoms with van der Waals surface area (Å²) in [6, 6.07) is 8.00. The number of halogens is 1. The third-order valence-corrected chi connectivity index (χ3v) is 5.23. The van der Waals surface area contributed by atoms with Gasteiger partial charge < -0.3 is 5.11 Å². The van der Waals surface area contributed by atoms with Crippen molar-refractivity contribution in [3.8, 4) is 0 Å². The summed E-state index contributed by atoms with van der Waals surface area (Å²) >= 11 is 5.79. The normalized spacial score (nSPS) is 17.3. The third-order valence-electron chi connectivity index (χ3n) is 3.44. The number of rotatable bonds is 4. The van der Waals surface area contributed by atoms with Gasteiger partial charge in [0.2, 0.25) is 10.0 Å². The van der Waals surface area contributed by atoms with Gasteiger partial charge in [0.1, 0.15) is 5.15 Å². The Hall–Kier alpha value is -1.21. The molecule has 0 atom stereocenters. The van der Waals surface area contributed by atoms with Crippen LogP contribution in [0, 0.1) is 0 Å². The molecule has 5 nitrogen and oxygen atoms in total. The van der Waals surface area contributed by atoms with Crippen molar-refractivity contribution in [2.75, 3.05) is 6.61 Å². The Kier molecular flexibility index (Phi) is 3.21. The summed E-state index contributed by atoms with van der Waals surface area (Å²) in [5.74, 6) is 0. The monoisotopic (exact) mass is 312 g/mol. The van der Waals surface area contributed by atoms with E-state index >= 15 is 0 Å². The second-order valence-electron chi connectivity index (χ2n) is 5.03. The average molecular weight is 313 g/mol. The molecule has 1 aliphatic rings. The van der Waals surface area contributed by atoms with Crippen molar-refractivity contribution in [3.63, 3.8) is 0 Å². The van der Waals surface area contributed by atoms with Gasteiger partial charge in [-0.25, -0.2) is 18.1 Å². The molecule has 0 saturated heterocycles. The van der Waals surface area contributed by atoms with Gasteiger partial charge in [-0.05, 0) is 43.2 Å². The molecular weight excluding hydrogens is 300 g/mol. The molecule has 1 heterocycles. The lowest BCUT2D eigenvalue weighted by Gasteiger charge is -2.14. The minimum absolute atomic E-state index is 0.161. The maximum atomic E-state index is 12.3. The van der Waals surface area contributed by atoms with Gasteiger partial charge in [0.25, 0.3) is 0 Å². The van der Waals surface area contributed by atoms with Gasteiger partial charge in [-0.3, -0.25) is 0 Å². The van der Waals surface area contributed by atoms with E-state index in [-0.39, 0.29) is 11.5 Å². The summed E-state index contributed by atoms with van der Waals surface area (Å²) < 4.78 is 27.1. The van der Waals surface area contributed by atoms with E-state index in [1.54, 1.807) is 24.3 Å². The van der Waals surface area contributed by atoms with E-state index in [9.17, 15) is 13.5 Å². The number of hydrogen-bond acceptors (Lipinski definition) is 4. The minimum Gasteiger partial charge on any atom is -0.394 e. The van der Waals surface area contributed by atoms with Gasteiger partial charge in [0, 0.05) is 5.39 Å². The van der Waals surface area contributed by atoms with Crippen molar-refractivity contribution in [1.82, 2.24) is 9.71 Å². The molecule has 0 aliphatic heterocycles. The third kappa shape index (κ3) is 2.52. The van der Waals surface area contributed by atoms with E-state index in [0.717, 1.165) is 0 Å². The molecule has 0 spiro atoms. The number of nitrogens with zero attached hydrogens (tertiary/aromatic N) is 1. The van der Waals surface area contributed by atoms with Crippen LogP contribution in [0.3, 0.4) is 0 Å². The first kappa shape index (κ1) is 13.8. The largest absolute Gasteiger partial charge is 0.394 e. The Morgan fingerprint density at radius 1 is 1.30 bits per heavy atom. The highest BCUT2D eigenvalue weighted by Crippen LogP contribution is 2.36. The summed E-state index contributed by atoms with van der Waals surface area (Å²) in [4.78, 5) is 4.27. The molecule has 106 valence electrons. The quantitative estimate of drug-likeness (QED) is 0.842. The van der Waals surface area contributed by atoms with Crippen molar-refractivity contribution >= 4 is 32.5 Å². The number of hydrogen-bond donors (Lipinski definition) is 2. The number of pyridine rings is 1. The van der Waals surface area contributed by atoms with Gasteiger partial charge in [-0.1, -0.05) is 11.6 Å². The molecular formula is C13H13ClN2O3S. The number of aliphatic hydroxyl groups is 1. The topological polar surface area (TPSA) is 79.3 Å². The van der Waals surface area contributed by atoms with E-state index in [0.29, 0.717) is 28.9 Å². The Bertz CT molecular complexity index is 772. The van der Waals surface area contributed by atoms with Crippen LogP contribution in [0.5, 0.6) is 0 Å². The van der Waals surface area contributed by atoms with E-state index < -0.39 is 15.6 Å². The average Bonchev–Trinajstić information content (AvgIpc) is 3.17. The molecule has 2 aromatic rings. The zero-order valence-corrected chi connectivity index (χ0v) is 12.1. The maximum Gasteiger partial charge on any atom is 0.241 e. The lowest BCUT2D eigenvalue weighted by molar-refractivity contribution is 0.246. The predicted octanol–water partition coefficient (Wildman–Crippen LogP) is 1.69. The second-order valence-corrected chi connectivity index (χ2v) is 7.10. The molecule has 20 heavy (non-hydrogen) atoms. The maximum absolute atomic E-state index is 12.3. The van der Waals surface area contributed by atoms with Crippen LogP contribution < -0.4 is 4.72 Å². The van der Waals surface area contributed by atoms with Crippen LogP contribution in [0.4, 0.5) is 0 Å². The number of aromatic nitrogens is 1. The molecule has 1 fully saturated rings. The molecule has 0 bridgehead atoms. The van der Waals surface area contributed by atoms with Crippen LogP contribution in [0.25, 0.3) is 10.9 Å². The lowest BCUT2D eigenvalue weighted by atomic mass is 10.2. The molecule has 0 unspecified atom stereocenters. The van der Waals surface area contributed by atoms with Gasteiger partial charge in [0.05, 0.1) is 22.6 Å². The fourth-order valence-corrected chi connectivity index (χ4v) is 3.67. The SMILES string of the molecule is O=S(=O)(NC1(CO)CC1)c1ccc2nc(Cl)ccc2c1. The molecule has 0 radical (unpaired) electrons. The first-order chi connectivity index (χ1) is 9.44. The summed E-state index contributed by atoms with van der Waals surface area (Å²) in [6.45, 7) is -0.184. The van der Waals surface area contributed by atoms with Gasteiger partial charge >= 0.3 is 0 Å². The predicted molar refractivity (Wildman–Crippen MR) is 76.1 cm³/mol. The van der Waals surface area contributed by atoms with Gasteiger partial charge in [-0.15, -0.1) is 0 Å². The molecule has 0 amide bonds. The lowest BCUT2D eigenvalue weighted by Crippen LogP contribution is -2.39. The van der Waals surface area contributed by atoms with E-state index in [2.05, 4.69) is 9.71 Å². The van der Waals surface area contributed by atoms with Crippen LogP contribution in [0.1, 0.15) is 12.8 Å². The first-order valence-electron chi connectivity index (χ1n) is 6.15.